The predicted octanol–water partition coefficient (Wildman–Crippen LogP) is 6.07. The molecule has 2 atom stereocenters. The lowest BCUT2D eigenvalue weighted by molar-refractivity contribution is -0.385. The Bertz CT molecular complexity index is 858. The molecule has 2 aromatic carbocycles. The third-order valence-corrected chi connectivity index (χ3v) is 4.99. The van der Waals surface area contributed by atoms with Crippen LogP contribution in [0.4, 0.5) is 16.2 Å². The van der Waals surface area contributed by atoms with E-state index < -0.39 is 16.0 Å². The summed E-state index contributed by atoms with van der Waals surface area (Å²) in [6.07, 6.45) is -1.04. The van der Waals surface area contributed by atoms with Crippen molar-refractivity contribution in [3.63, 3.8) is 0 Å². The minimum Gasteiger partial charge on any atom is -0.394 e. The summed E-state index contributed by atoms with van der Waals surface area (Å²) in [5, 5.41) is 21.9. The van der Waals surface area contributed by atoms with Crippen LogP contribution in [0.2, 0.25) is 0 Å². The zero-order chi connectivity index (χ0) is 21.0. The number of halogens is 2. The summed E-state index contributed by atoms with van der Waals surface area (Å²) in [4.78, 5) is 33.1. The van der Waals surface area contributed by atoms with Crippen LogP contribution in [-0.2, 0) is 0 Å². The standard InChI is InChI=1S/C17H14I2N2O7/c1-9(18)13-7-11(20(23)24)3-5-15(13)27-17(22)28-16-6-4-12(21(25)26)8-14(16)10(2)19/h3-10H,1-2H3. The Balaban J connectivity index is 2.27. The van der Waals surface area contributed by atoms with Gasteiger partial charge in [0.25, 0.3) is 11.4 Å². The van der Waals surface area contributed by atoms with Crippen molar-refractivity contribution in [2.45, 2.75) is 21.7 Å². The van der Waals surface area contributed by atoms with Crippen molar-refractivity contribution in [3.05, 3.63) is 67.8 Å². The van der Waals surface area contributed by atoms with Crippen LogP contribution in [-0.4, -0.2) is 16.0 Å². The summed E-state index contributed by atoms with van der Waals surface area (Å²) in [6.45, 7) is 3.59. The van der Waals surface area contributed by atoms with Gasteiger partial charge in [-0.2, -0.15) is 0 Å². The van der Waals surface area contributed by atoms with Gasteiger partial charge in [-0.3, -0.25) is 20.2 Å². The van der Waals surface area contributed by atoms with Gasteiger partial charge in [-0.15, -0.1) is 0 Å². The minimum atomic E-state index is -1.04. The number of nitro groups is 2. The van der Waals surface area contributed by atoms with Crippen molar-refractivity contribution in [2.75, 3.05) is 0 Å². The van der Waals surface area contributed by atoms with Crippen LogP contribution in [0.3, 0.4) is 0 Å². The second-order valence-corrected chi connectivity index (χ2v) is 9.38. The number of hydrogen-bond donors (Lipinski definition) is 0. The van der Waals surface area contributed by atoms with Crippen molar-refractivity contribution in [3.8, 4) is 11.5 Å². The Hall–Kier alpha value is -2.03. The molecule has 2 aromatic rings. The van der Waals surface area contributed by atoms with Crippen molar-refractivity contribution in [1.29, 1.82) is 0 Å². The maximum absolute atomic E-state index is 12.3. The molecule has 0 aliphatic carbocycles. The number of nitro benzene ring substituents is 2. The van der Waals surface area contributed by atoms with Crippen molar-refractivity contribution < 1.29 is 24.1 Å². The van der Waals surface area contributed by atoms with E-state index in [-0.39, 0.29) is 30.7 Å². The average Bonchev–Trinajstić information content (AvgIpc) is 2.61. The molecule has 9 nitrogen and oxygen atoms in total. The molecule has 0 aromatic heterocycles. The van der Waals surface area contributed by atoms with Crippen molar-refractivity contribution in [2.24, 2.45) is 0 Å². The number of benzene rings is 2. The lowest BCUT2D eigenvalue weighted by atomic mass is 10.1. The molecular formula is C17H14I2N2O7. The van der Waals surface area contributed by atoms with Gasteiger partial charge in [-0.1, -0.05) is 45.2 Å². The smallest absolute Gasteiger partial charge is 0.394 e. The summed E-state index contributed by atoms with van der Waals surface area (Å²) < 4.78 is 10.1. The number of ether oxygens (including phenoxy) is 2. The highest BCUT2D eigenvalue weighted by Gasteiger charge is 2.21. The number of hydrogen-bond acceptors (Lipinski definition) is 7. The van der Waals surface area contributed by atoms with Crippen LogP contribution in [0.25, 0.3) is 0 Å². The number of alkyl halides is 2. The topological polar surface area (TPSA) is 122 Å². The van der Waals surface area contributed by atoms with E-state index in [2.05, 4.69) is 0 Å². The van der Waals surface area contributed by atoms with E-state index >= 15 is 0 Å². The quantitative estimate of drug-likeness (QED) is 0.0970. The zero-order valence-corrected chi connectivity index (χ0v) is 18.9. The maximum atomic E-state index is 12.3. The maximum Gasteiger partial charge on any atom is 0.519 e. The first kappa shape index (κ1) is 22.3. The molecule has 0 N–H and O–H groups in total. The summed E-state index contributed by atoms with van der Waals surface area (Å²) in [5.74, 6) is 0.284. The van der Waals surface area contributed by atoms with E-state index in [4.69, 9.17) is 9.47 Å². The molecular weight excluding hydrogens is 598 g/mol. The molecule has 2 unspecified atom stereocenters. The Labute approximate surface area is 187 Å². The molecule has 148 valence electrons. The minimum absolute atomic E-state index is 0.115. The molecule has 0 heterocycles. The van der Waals surface area contributed by atoms with E-state index in [9.17, 15) is 25.0 Å². The summed E-state index contributed by atoms with van der Waals surface area (Å²) in [7, 11) is 0. The Morgan fingerprint density at radius 2 is 1.21 bits per heavy atom. The number of carbonyl (C=O) groups is 1. The fourth-order valence-corrected chi connectivity index (χ4v) is 3.28. The van der Waals surface area contributed by atoms with Gasteiger partial charge in [0, 0.05) is 43.2 Å². The van der Waals surface area contributed by atoms with Crippen molar-refractivity contribution in [1.82, 2.24) is 0 Å². The first-order valence-electron chi connectivity index (χ1n) is 7.84. The molecule has 11 heteroatoms. The normalized spacial score (nSPS) is 12.7. The fourth-order valence-electron chi connectivity index (χ4n) is 2.31. The van der Waals surface area contributed by atoms with Crippen LogP contribution >= 0.6 is 45.2 Å². The molecule has 0 bridgehead atoms. The predicted molar refractivity (Wildman–Crippen MR) is 118 cm³/mol. The largest absolute Gasteiger partial charge is 0.519 e. The molecule has 0 fully saturated rings. The second-order valence-electron chi connectivity index (χ2n) is 5.64. The first-order valence-corrected chi connectivity index (χ1v) is 10.3. The van der Waals surface area contributed by atoms with E-state index in [0.717, 1.165) is 0 Å². The van der Waals surface area contributed by atoms with Crippen LogP contribution in [0.5, 0.6) is 11.5 Å². The fraction of sp³-hybridized carbons (Fsp3) is 0.235. The van der Waals surface area contributed by atoms with Gasteiger partial charge >= 0.3 is 6.16 Å². The molecule has 0 saturated heterocycles. The van der Waals surface area contributed by atoms with Gasteiger partial charge < -0.3 is 9.47 Å². The Morgan fingerprint density at radius 3 is 1.50 bits per heavy atom. The third-order valence-electron chi connectivity index (χ3n) is 3.65. The lowest BCUT2D eigenvalue weighted by Gasteiger charge is -2.14. The van der Waals surface area contributed by atoms with Crippen LogP contribution in [0.1, 0.15) is 32.8 Å². The van der Waals surface area contributed by atoms with Crippen LogP contribution < -0.4 is 9.47 Å². The molecule has 2 rings (SSSR count). The number of rotatable bonds is 6. The second kappa shape index (κ2) is 9.45. The Morgan fingerprint density at radius 1 is 0.857 bits per heavy atom. The number of carbonyl (C=O) groups excluding carboxylic acids is 1. The molecule has 0 aliphatic rings. The highest BCUT2D eigenvalue weighted by atomic mass is 127. The van der Waals surface area contributed by atoms with E-state index in [0.29, 0.717) is 11.1 Å². The summed E-state index contributed by atoms with van der Waals surface area (Å²) in [6, 6.07) is 7.81. The molecule has 28 heavy (non-hydrogen) atoms. The van der Waals surface area contributed by atoms with Gasteiger partial charge in [-0.05, 0) is 26.0 Å². The van der Waals surface area contributed by atoms with Gasteiger partial charge in [0.15, 0.2) is 0 Å². The lowest BCUT2D eigenvalue weighted by Crippen LogP contribution is -2.16. The SMILES string of the molecule is CC(I)c1cc([N+](=O)[O-])ccc1OC(=O)Oc1ccc([N+](=O)[O-])cc1C(C)I. The van der Waals surface area contributed by atoms with Gasteiger partial charge in [0.05, 0.1) is 9.85 Å². The molecule has 0 amide bonds. The van der Waals surface area contributed by atoms with E-state index in [1.807, 2.05) is 45.2 Å². The van der Waals surface area contributed by atoms with E-state index in [1.54, 1.807) is 13.8 Å². The van der Waals surface area contributed by atoms with Crippen LogP contribution in [0, 0.1) is 20.2 Å². The highest BCUT2D eigenvalue weighted by molar-refractivity contribution is 14.1. The average molecular weight is 612 g/mol. The summed E-state index contributed by atoms with van der Waals surface area (Å²) >= 11 is 4.10. The molecule has 0 saturated carbocycles. The Kier molecular flexibility index (Phi) is 7.51. The highest BCUT2D eigenvalue weighted by Crippen LogP contribution is 2.36. The first-order chi connectivity index (χ1) is 13.1. The van der Waals surface area contributed by atoms with E-state index in [1.165, 1.54) is 36.4 Å². The van der Waals surface area contributed by atoms with Gasteiger partial charge in [0.2, 0.25) is 0 Å². The third kappa shape index (κ3) is 5.50. The van der Waals surface area contributed by atoms with Gasteiger partial charge in [-0.25, -0.2) is 4.79 Å². The molecule has 0 aliphatic heterocycles. The summed E-state index contributed by atoms with van der Waals surface area (Å²) in [5.41, 5.74) is 0.710. The van der Waals surface area contributed by atoms with Gasteiger partial charge in [0.1, 0.15) is 11.5 Å². The molecule has 0 radical (unpaired) electrons. The van der Waals surface area contributed by atoms with Crippen molar-refractivity contribution >= 4 is 62.7 Å². The number of nitrogens with zero attached hydrogens (tertiary/aromatic N) is 2. The zero-order valence-electron chi connectivity index (χ0n) is 14.6. The molecule has 0 spiro atoms. The monoisotopic (exact) mass is 612 g/mol. The number of non-ortho nitro benzene ring substituents is 2. The van der Waals surface area contributed by atoms with Crippen LogP contribution in [0.15, 0.2) is 36.4 Å².